The number of amides is 1. The Hall–Kier alpha value is -3.90. The molecule has 35 heavy (non-hydrogen) atoms. The van der Waals surface area contributed by atoms with Gasteiger partial charge in [-0.2, -0.15) is 0 Å². The molecule has 1 aliphatic rings. The molecule has 1 fully saturated rings. The third kappa shape index (κ3) is 4.98. The van der Waals surface area contributed by atoms with Gasteiger partial charge in [0.25, 0.3) is 6.47 Å². The molecule has 1 N–H and O–H groups in total. The third-order valence-electron chi connectivity index (χ3n) is 6.35. The van der Waals surface area contributed by atoms with Crippen molar-refractivity contribution in [1.82, 2.24) is 0 Å². The molecular weight excluding hydrogens is 458 g/mol. The van der Waals surface area contributed by atoms with Crippen molar-refractivity contribution in [3.8, 4) is 22.3 Å². The molecule has 0 aliphatic heterocycles. The smallest absolute Gasteiger partial charge is 0.412 e. The van der Waals surface area contributed by atoms with Gasteiger partial charge in [0.2, 0.25) is 0 Å². The average Bonchev–Trinajstić information content (AvgIpc) is 3.54. The lowest BCUT2D eigenvalue weighted by molar-refractivity contribution is -0.136. The summed E-state index contributed by atoms with van der Waals surface area (Å²) in [6, 6.07) is 28.0. The number of benzene rings is 3. The van der Waals surface area contributed by atoms with Gasteiger partial charge in [0, 0.05) is 5.56 Å². The van der Waals surface area contributed by atoms with Crippen molar-refractivity contribution in [3.05, 3.63) is 101 Å². The molecule has 176 valence electrons. The Kier molecular flexibility index (Phi) is 6.38. The van der Waals surface area contributed by atoms with E-state index in [-0.39, 0.29) is 6.10 Å². The number of nitrogens with one attached hydrogen (secondary N) is 1. The molecule has 6 heteroatoms. The second kappa shape index (κ2) is 9.76. The minimum absolute atomic E-state index is 0.343. The molecule has 0 bridgehead atoms. The molecule has 0 unspecified atom stereocenters. The fraction of sp³-hybridized carbons (Fsp3) is 0.172. The summed E-state index contributed by atoms with van der Waals surface area (Å²) in [5, 5.41) is 5.59. The van der Waals surface area contributed by atoms with Crippen molar-refractivity contribution in [1.29, 1.82) is 0 Å². The Balaban J connectivity index is 1.26. The fourth-order valence-electron chi connectivity index (χ4n) is 4.20. The monoisotopic (exact) mass is 483 g/mol. The first kappa shape index (κ1) is 22.9. The first-order chi connectivity index (χ1) is 17.1. The van der Waals surface area contributed by atoms with Crippen LogP contribution < -0.4 is 5.32 Å². The lowest BCUT2D eigenvalue weighted by Gasteiger charge is -2.15. The Morgan fingerprint density at radius 2 is 1.54 bits per heavy atom. The highest BCUT2D eigenvalue weighted by molar-refractivity contribution is 7.15. The second-order valence-electron chi connectivity index (χ2n) is 8.61. The Labute approximate surface area is 208 Å². The number of hydrogen-bond acceptors (Lipinski definition) is 5. The van der Waals surface area contributed by atoms with Gasteiger partial charge in [-0.05, 0) is 59.0 Å². The lowest BCUT2D eigenvalue weighted by Crippen LogP contribution is -2.15. The zero-order valence-electron chi connectivity index (χ0n) is 19.3. The molecule has 1 heterocycles. The van der Waals surface area contributed by atoms with Crippen LogP contribution in [0.25, 0.3) is 22.3 Å². The average molecular weight is 484 g/mol. The van der Waals surface area contributed by atoms with Crippen LogP contribution in [0.5, 0.6) is 0 Å². The van der Waals surface area contributed by atoms with Crippen molar-refractivity contribution in [2.75, 3.05) is 5.32 Å². The van der Waals surface area contributed by atoms with E-state index in [0.717, 1.165) is 51.2 Å². The maximum atomic E-state index is 12.5. The van der Waals surface area contributed by atoms with Gasteiger partial charge in [-0.3, -0.25) is 10.1 Å². The van der Waals surface area contributed by atoms with Crippen molar-refractivity contribution < 1.29 is 19.1 Å². The molecule has 1 aliphatic carbocycles. The number of carbonyl (C=O) groups excluding carboxylic acids is 2. The minimum atomic E-state index is -0.478. The predicted molar refractivity (Wildman–Crippen MR) is 138 cm³/mol. The van der Waals surface area contributed by atoms with Crippen LogP contribution in [0, 0.1) is 0 Å². The quantitative estimate of drug-likeness (QED) is 0.263. The molecule has 1 atom stereocenters. The molecule has 5 nitrogen and oxygen atoms in total. The van der Waals surface area contributed by atoms with Crippen LogP contribution >= 0.6 is 11.3 Å². The minimum Gasteiger partial charge on any atom is -0.456 e. The SMILES string of the molecule is C[C@@H](OC(=O)Nc1sccc1-c1ccc(-c2ccc(C3(OC=O)CC3)cc2)cc1)c1ccccc1. The lowest BCUT2D eigenvalue weighted by atomic mass is 9.99. The molecule has 5 rings (SSSR count). The molecule has 3 aromatic carbocycles. The van der Waals surface area contributed by atoms with E-state index in [0.29, 0.717) is 6.47 Å². The summed E-state index contributed by atoms with van der Waals surface area (Å²) < 4.78 is 10.9. The Morgan fingerprint density at radius 1 is 0.914 bits per heavy atom. The zero-order chi connectivity index (χ0) is 24.3. The van der Waals surface area contributed by atoms with Crippen LogP contribution in [0.3, 0.4) is 0 Å². The first-order valence-corrected chi connectivity index (χ1v) is 12.4. The molecule has 1 saturated carbocycles. The molecule has 1 amide bonds. The molecule has 0 radical (unpaired) electrons. The highest BCUT2D eigenvalue weighted by Gasteiger charge is 2.46. The summed E-state index contributed by atoms with van der Waals surface area (Å²) in [6.45, 7) is 2.39. The van der Waals surface area contributed by atoms with E-state index in [1.54, 1.807) is 0 Å². The summed E-state index contributed by atoms with van der Waals surface area (Å²) in [6.07, 6.45) is 0.921. The summed E-state index contributed by atoms with van der Waals surface area (Å²) in [4.78, 5) is 23.3. The molecule has 4 aromatic rings. The van der Waals surface area contributed by atoms with Crippen LogP contribution in [0.4, 0.5) is 9.80 Å². The van der Waals surface area contributed by atoms with Crippen molar-refractivity contribution >= 4 is 28.9 Å². The van der Waals surface area contributed by atoms with Gasteiger partial charge in [-0.15, -0.1) is 11.3 Å². The predicted octanol–water partition coefficient (Wildman–Crippen LogP) is 7.55. The van der Waals surface area contributed by atoms with E-state index in [1.165, 1.54) is 11.3 Å². The summed E-state index contributed by atoms with van der Waals surface area (Å²) in [7, 11) is 0. The normalized spacial score (nSPS) is 14.5. The van der Waals surface area contributed by atoms with Gasteiger partial charge in [0.15, 0.2) is 0 Å². The van der Waals surface area contributed by atoms with Crippen LogP contribution in [-0.2, 0) is 19.9 Å². The van der Waals surface area contributed by atoms with Gasteiger partial charge in [0.1, 0.15) is 16.7 Å². The largest absolute Gasteiger partial charge is 0.456 e. The summed E-state index contributed by atoms with van der Waals surface area (Å²) >= 11 is 1.46. The van der Waals surface area contributed by atoms with Crippen molar-refractivity contribution in [3.63, 3.8) is 0 Å². The summed E-state index contributed by atoms with van der Waals surface area (Å²) in [5.41, 5.74) is 5.68. The second-order valence-corrected chi connectivity index (χ2v) is 9.53. The molecule has 1 aromatic heterocycles. The maximum Gasteiger partial charge on any atom is 0.412 e. The number of hydrogen-bond donors (Lipinski definition) is 1. The molecule has 0 spiro atoms. The van der Waals surface area contributed by atoms with E-state index in [9.17, 15) is 9.59 Å². The van der Waals surface area contributed by atoms with E-state index >= 15 is 0 Å². The van der Waals surface area contributed by atoms with Crippen LogP contribution in [0.2, 0.25) is 0 Å². The van der Waals surface area contributed by atoms with Crippen LogP contribution in [-0.4, -0.2) is 12.6 Å². The molecular formula is C29H25NO4S. The van der Waals surface area contributed by atoms with E-state index < -0.39 is 11.7 Å². The van der Waals surface area contributed by atoms with E-state index in [4.69, 9.17) is 9.47 Å². The van der Waals surface area contributed by atoms with Gasteiger partial charge in [-0.1, -0.05) is 78.9 Å². The number of anilines is 1. The van der Waals surface area contributed by atoms with Gasteiger partial charge < -0.3 is 9.47 Å². The van der Waals surface area contributed by atoms with E-state index in [1.807, 2.05) is 73.0 Å². The van der Waals surface area contributed by atoms with Crippen molar-refractivity contribution in [2.24, 2.45) is 0 Å². The standard InChI is InChI=1S/C29H25NO4S/c1-20(21-5-3-2-4-6-21)34-28(32)30-27-26(15-18-35-27)24-9-7-22(8-10-24)23-11-13-25(14-12-23)29(16-17-29)33-19-31/h2-15,18-20H,16-17H2,1H3,(H,30,32)/t20-/m1/s1. The first-order valence-electron chi connectivity index (χ1n) is 11.5. The zero-order valence-corrected chi connectivity index (χ0v) is 20.1. The highest BCUT2D eigenvalue weighted by Crippen LogP contribution is 2.49. The van der Waals surface area contributed by atoms with Gasteiger partial charge >= 0.3 is 6.09 Å². The molecule has 0 saturated heterocycles. The number of carbonyl (C=O) groups is 2. The summed E-state index contributed by atoms with van der Waals surface area (Å²) in [5.74, 6) is 0. The highest BCUT2D eigenvalue weighted by atomic mass is 32.1. The topological polar surface area (TPSA) is 64.6 Å². The number of rotatable bonds is 8. The third-order valence-corrected chi connectivity index (χ3v) is 7.18. The maximum absolute atomic E-state index is 12.5. The number of thiophene rings is 1. The van der Waals surface area contributed by atoms with Crippen molar-refractivity contribution in [2.45, 2.75) is 31.5 Å². The Morgan fingerprint density at radius 3 is 2.17 bits per heavy atom. The fourth-order valence-corrected chi connectivity index (χ4v) is 4.99. The van der Waals surface area contributed by atoms with Gasteiger partial charge in [0.05, 0.1) is 0 Å². The number of ether oxygens (including phenoxy) is 2. The van der Waals surface area contributed by atoms with E-state index in [2.05, 4.69) is 29.6 Å². The Bertz CT molecular complexity index is 1310. The van der Waals surface area contributed by atoms with Gasteiger partial charge in [-0.25, -0.2) is 4.79 Å². The van der Waals surface area contributed by atoms with Crippen LogP contribution in [0.15, 0.2) is 90.3 Å². The van der Waals surface area contributed by atoms with Crippen LogP contribution in [0.1, 0.15) is 37.0 Å².